The monoisotopic (exact) mass is 567 g/mol. The number of halogens is 3. The second-order valence-electron chi connectivity index (χ2n) is 7.89. The molecule has 7 nitrogen and oxygen atoms in total. The fourth-order valence-electron chi connectivity index (χ4n) is 3.56. The van der Waals surface area contributed by atoms with Gasteiger partial charge in [-0.2, -0.15) is 0 Å². The summed E-state index contributed by atoms with van der Waals surface area (Å²) < 4.78 is 28.2. The summed E-state index contributed by atoms with van der Waals surface area (Å²) in [6.07, 6.45) is 0. The molecule has 0 bridgehead atoms. The van der Waals surface area contributed by atoms with Gasteiger partial charge in [0.15, 0.2) is 0 Å². The highest BCUT2D eigenvalue weighted by molar-refractivity contribution is 7.92. The molecule has 190 valence electrons. The van der Waals surface area contributed by atoms with Crippen molar-refractivity contribution in [2.24, 2.45) is 0 Å². The van der Waals surface area contributed by atoms with Crippen LogP contribution in [0.25, 0.3) is 0 Å². The van der Waals surface area contributed by atoms with E-state index < -0.39 is 34.4 Å². The quantitative estimate of drug-likeness (QED) is 0.393. The Morgan fingerprint density at radius 3 is 2.11 bits per heavy atom. The first-order valence-corrected chi connectivity index (χ1v) is 13.4. The molecular weight excluding hydrogens is 545 g/mol. The Bertz CT molecular complexity index is 1330. The molecule has 1 atom stereocenters. The zero-order valence-corrected chi connectivity index (χ0v) is 22.6. The van der Waals surface area contributed by atoms with E-state index in [-0.39, 0.29) is 27.2 Å². The lowest BCUT2D eigenvalue weighted by Crippen LogP contribution is -2.50. The summed E-state index contributed by atoms with van der Waals surface area (Å²) in [5.74, 6) is -1.02. The maximum absolute atomic E-state index is 13.7. The van der Waals surface area contributed by atoms with Crippen molar-refractivity contribution in [3.8, 4) is 0 Å². The third-order valence-electron chi connectivity index (χ3n) is 5.40. The molecule has 3 rings (SSSR count). The fraction of sp³-hybridized carbons (Fsp3) is 0.200. The second-order valence-corrected chi connectivity index (χ2v) is 11.1. The Morgan fingerprint density at radius 2 is 1.53 bits per heavy atom. The Hall–Kier alpha value is -2.78. The number of amides is 2. The smallest absolute Gasteiger partial charge is 0.264 e. The molecule has 0 saturated heterocycles. The minimum absolute atomic E-state index is 0.0189. The molecule has 11 heteroatoms. The highest BCUT2D eigenvalue weighted by Gasteiger charge is 2.32. The van der Waals surface area contributed by atoms with Crippen LogP contribution in [0.5, 0.6) is 0 Å². The molecule has 0 saturated carbocycles. The summed E-state index contributed by atoms with van der Waals surface area (Å²) in [5, 5.41) is 3.40. The van der Waals surface area contributed by atoms with Crippen LogP contribution in [0.15, 0.2) is 77.7 Å². The first-order chi connectivity index (χ1) is 17.0. The molecule has 0 aliphatic carbocycles. The van der Waals surface area contributed by atoms with Crippen molar-refractivity contribution in [2.75, 3.05) is 17.9 Å². The fourth-order valence-corrected chi connectivity index (χ4v) is 5.70. The summed E-state index contributed by atoms with van der Waals surface area (Å²) in [6.45, 7) is 0.993. The Morgan fingerprint density at radius 1 is 0.889 bits per heavy atom. The van der Waals surface area contributed by atoms with Crippen molar-refractivity contribution in [1.82, 2.24) is 10.2 Å². The van der Waals surface area contributed by atoms with Gasteiger partial charge in [0.2, 0.25) is 11.8 Å². The average Bonchev–Trinajstić information content (AvgIpc) is 2.84. The van der Waals surface area contributed by atoms with Crippen molar-refractivity contribution < 1.29 is 18.0 Å². The minimum atomic E-state index is -4.20. The number of sulfonamides is 1. The van der Waals surface area contributed by atoms with Crippen molar-refractivity contribution in [2.45, 2.75) is 24.4 Å². The van der Waals surface area contributed by atoms with Crippen LogP contribution >= 0.6 is 34.8 Å². The number of likely N-dealkylation sites (N-methyl/N-ethyl adjacent to an activating group) is 1. The van der Waals surface area contributed by atoms with E-state index in [9.17, 15) is 18.0 Å². The van der Waals surface area contributed by atoms with E-state index in [2.05, 4.69) is 5.32 Å². The van der Waals surface area contributed by atoms with E-state index in [0.29, 0.717) is 10.6 Å². The van der Waals surface area contributed by atoms with Gasteiger partial charge < -0.3 is 10.2 Å². The molecule has 2 amide bonds. The third-order valence-corrected chi connectivity index (χ3v) is 7.86. The molecule has 3 aromatic rings. The van der Waals surface area contributed by atoms with Gasteiger partial charge in [-0.3, -0.25) is 13.9 Å². The lowest BCUT2D eigenvalue weighted by molar-refractivity contribution is -0.139. The highest BCUT2D eigenvalue weighted by atomic mass is 35.5. The predicted octanol–water partition coefficient (Wildman–Crippen LogP) is 5.01. The number of rotatable bonds is 9. The molecule has 0 fully saturated rings. The molecule has 0 spiro atoms. The molecule has 0 aromatic heterocycles. The third kappa shape index (κ3) is 6.70. The van der Waals surface area contributed by atoms with Gasteiger partial charge >= 0.3 is 0 Å². The molecule has 0 heterocycles. The highest BCUT2D eigenvalue weighted by Crippen LogP contribution is 2.30. The van der Waals surface area contributed by atoms with Crippen molar-refractivity contribution in [3.63, 3.8) is 0 Å². The maximum Gasteiger partial charge on any atom is 0.264 e. The van der Waals surface area contributed by atoms with E-state index in [1.54, 1.807) is 49.4 Å². The Kier molecular flexibility index (Phi) is 9.24. The van der Waals surface area contributed by atoms with Crippen molar-refractivity contribution in [1.29, 1.82) is 0 Å². The summed E-state index contributed by atoms with van der Waals surface area (Å²) in [7, 11) is -2.74. The first kappa shape index (κ1) is 27.8. The lowest BCUT2D eigenvalue weighted by Gasteiger charge is -2.32. The number of nitrogens with one attached hydrogen (secondary N) is 1. The van der Waals surface area contributed by atoms with E-state index in [4.69, 9.17) is 34.8 Å². The van der Waals surface area contributed by atoms with Gasteiger partial charge in [0.1, 0.15) is 12.6 Å². The van der Waals surface area contributed by atoms with Gasteiger partial charge in [-0.1, -0.05) is 65.1 Å². The number of hydrogen-bond donors (Lipinski definition) is 1. The van der Waals surface area contributed by atoms with Gasteiger partial charge in [0.25, 0.3) is 10.0 Å². The average molecular weight is 569 g/mol. The number of carbonyl (C=O) groups excluding carboxylic acids is 2. The summed E-state index contributed by atoms with van der Waals surface area (Å²) in [5.41, 5.74) is 0.787. The van der Waals surface area contributed by atoms with Crippen LogP contribution in [-0.4, -0.2) is 44.8 Å². The molecule has 1 N–H and O–H groups in total. The maximum atomic E-state index is 13.7. The number of carbonyl (C=O) groups is 2. The van der Waals surface area contributed by atoms with Crippen LogP contribution < -0.4 is 9.62 Å². The Labute approximate surface area is 225 Å². The van der Waals surface area contributed by atoms with Crippen LogP contribution in [0.3, 0.4) is 0 Å². The summed E-state index contributed by atoms with van der Waals surface area (Å²) in [6, 6.07) is 17.9. The summed E-state index contributed by atoms with van der Waals surface area (Å²) in [4.78, 5) is 27.4. The van der Waals surface area contributed by atoms with E-state index >= 15 is 0 Å². The standard InChI is InChI=1S/C25H24Cl3N3O4S/c1-17(25(33)29-2)30(15-18-7-6-8-19(26)11-18)24(32)16-31(22-13-20(27)12-21(28)14-22)36(34,35)23-9-4-3-5-10-23/h3-14,17H,15-16H2,1-2H3,(H,29,33)/t17-/m1/s1. The number of hydrogen-bond acceptors (Lipinski definition) is 4. The molecule has 0 aliphatic rings. The second kappa shape index (κ2) is 12.0. The van der Waals surface area contributed by atoms with Crippen molar-refractivity contribution >= 4 is 62.3 Å². The van der Waals surface area contributed by atoms with Crippen LogP contribution in [-0.2, 0) is 26.2 Å². The molecular formula is C25H24Cl3N3O4S. The number of anilines is 1. The number of nitrogens with zero attached hydrogens (tertiary/aromatic N) is 2. The zero-order valence-electron chi connectivity index (χ0n) is 19.5. The number of benzene rings is 3. The van der Waals surface area contributed by atoms with Gasteiger partial charge in [0, 0.05) is 28.7 Å². The topological polar surface area (TPSA) is 86.8 Å². The van der Waals surface area contributed by atoms with Gasteiger partial charge in [-0.05, 0) is 55.0 Å². The minimum Gasteiger partial charge on any atom is -0.357 e. The lowest BCUT2D eigenvalue weighted by atomic mass is 10.1. The zero-order chi connectivity index (χ0) is 26.5. The first-order valence-electron chi connectivity index (χ1n) is 10.8. The molecule has 0 radical (unpaired) electrons. The van der Waals surface area contributed by atoms with E-state index in [1.165, 1.54) is 42.3 Å². The van der Waals surface area contributed by atoms with Crippen LogP contribution in [0.4, 0.5) is 5.69 Å². The van der Waals surface area contributed by atoms with Crippen LogP contribution in [0, 0.1) is 0 Å². The van der Waals surface area contributed by atoms with Crippen LogP contribution in [0.1, 0.15) is 12.5 Å². The molecule has 3 aromatic carbocycles. The molecule has 36 heavy (non-hydrogen) atoms. The van der Waals surface area contributed by atoms with Gasteiger partial charge in [-0.15, -0.1) is 0 Å². The van der Waals surface area contributed by atoms with Gasteiger partial charge in [-0.25, -0.2) is 8.42 Å². The van der Waals surface area contributed by atoms with Gasteiger partial charge in [0.05, 0.1) is 10.6 Å². The van der Waals surface area contributed by atoms with Crippen LogP contribution in [0.2, 0.25) is 15.1 Å². The predicted molar refractivity (Wildman–Crippen MR) is 143 cm³/mol. The van der Waals surface area contributed by atoms with E-state index in [1.807, 2.05) is 0 Å². The van der Waals surface area contributed by atoms with Crippen molar-refractivity contribution in [3.05, 3.63) is 93.4 Å². The SMILES string of the molecule is CNC(=O)[C@@H](C)N(Cc1cccc(Cl)c1)C(=O)CN(c1cc(Cl)cc(Cl)c1)S(=O)(=O)c1ccccc1. The molecule has 0 unspecified atom stereocenters. The van der Waals surface area contributed by atoms with E-state index in [0.717, 1.165) is 4.31 Å². The largest absolute Gasteiger partial charge is 0.357 e. The normalized spacial score (nSPS) is 12.0. The molecule has 0 aliphatic heterocycles. The summed E-state index contributed by atoms with van der Waals surface area (Å²) >= 11 is 18.4. The Balaban J connectivity index is 2.06.